The Morgan fingerprint density at radius 2 is 2.07 bits per heavy atom. The number of anilines is 1. The fourth-order valence-electron chi connectivity index (χ4n) is 1.42. The molecule has 0 spiro atoms. The molecule has 0 saturated heterocycles. The molecule has 0 bridgehead atoms. The molecule has 1 heterocycles. The van der Waals surface area contributed by atoms with Crippen LogP contribution >= 0.6 is 0 Å². The van der Waals surface area contributed by atoms with E-state index in [9.17, 15) is 0 Å². The molecule has 0 fully saturated rings. The van der Waals surface area contributed by atoms with Crippen molar-refractivity contribution in [3.63, 3.8) is 0 Å². The van der Waals surface area contributed by atoms with Crippen molar-refractivity contribution in [2.75, 3.05) is 5.32 Å². The minimum atomic E-state index is 0.417. The first-order chi connectivity index (χ1) is 6.97. The van der Waals surface area contributed by atoms with Crippen LogP contribution in [0.1, 0.15) is 40.5 Å². The molecule has 0 aliphatic carbocycles. The van der Waals surface area contributed by atoms with E-state index in [1.54, 1.807) is 0 Å². The molecular weight excluding hydrogens is 184 g/mol. The van der Waals surface area contributed by atoms with Crippen molar-refractivity contribution in [1.82, 2.24) is 4.98 Å². The molecular formula is C13H22N2. The van der Waals surface area contributed by atoms with Crippen molar-refractivity contribution >= 4 is 5.82 Å². The highest BCUT2D eigenvalue weighted by Gasteiger charge is 2.12. The topological polar surface area (TPSA) is 24.9 Å². The van der Waals surface area contributed by atoms with Crippen LogP contribution in [-0.4, -0.2) is 11.0 Å². The number of aromatic nitrogens is 1. The van der Waals surface area contributed by atoms with Gasteiger partial charge in [0.15, 0.2) is 0 Å². The summed E-state index contributed by atoms with van der Waals surface area (Å²) in [6, 6.07) is 6.43. The summed E-state index contributed by atoms with van der Waals surface area (Å²) >= 11 is 0. The Balaban J connectivity index is 2.34. The Morgan fingerprint density at radius 1 is 1.33 bits per heavy atom. The second-order valence-electron chi connectivity index (χ2n) is 5.36. The van der Waals surface area contributed by atoms with Gasteiger partial charge in [0.1, 0.15) is 5.82 Å². The molecule has 1 rings (SSSR count). The van der Waals surface area contributed by atoms with Crippen LogP contribution in [0, 0.1) is 5.41 Å². The molecule has 0 saturated carbocycles. The third kappa shape index (κ3) is 5.40. The maximum atomic E-state index is 4.25. The third-order valence-electron chi connectivity index (χ3n) is 2.39. The lowest BCUT2D eigenvalue weighted by atomic mass is 9.89. The Kier molecular flexibility index (Phi) is 4.13. The second kappa shape index (κ2) is 5.15. The lowest BCUT2D eigenvalue weighted by Crippen LogP contribution is -2.18. The van der Waals surface area contributed by atoms with Gasteiger partial charge in [-0.1, -0.05) is 26.8 Å². The van der Waals surface area contributed by atoms with Crippen molar-refractivity contribution < 1.29 is 0 Å². The standard InChI is InChI=1S/C13H22N2/c1-11(8-9-13(2,3)4)15-12-7-5-6-10-14-12/h5-7,10-11H,8-9H2,1-4H3,(H,14,15). The Hall–Kier alpha value is -1.05. The van der Waals surface area contributed by atoms with Crippen LogP contribution in [-0.2, 0) is 0 Å². The molecule has 1 N–H and O–H groups in total. The van der Waals surface area contributed by atoms with Crippen LogP contribution in [0.4, 0.5) is 5.82 Å². The molecule has 0 amide bonds. The van der Waals surface area contributed by atoms with E-state index in [1.807, 2.05) is 24.4 Å². The number of nitrogens with one attached hydrogen (secondary N) is 1. The van der Waals surface area contributed by atoms with Crippen LogP contribution in [0.5, 0.6) is 0 Å². The van der Waals surface area contributed by atoms with E-state index in [4.69, 9.17) is 0 Å². The molecule has 1 unspecified atom stereocenters. The van der Waals surface area contributed by atoms with Gasteiger partial charge in [0, 0.05) is 12.2 Å². The van der Waals surface area contributed by atoms with Crippen molar-refractivity contribution in [2.24, 2.45) is 5.41 Å². The van der Waals surface area contributed by atoms with E-state index >= 15 is 0 Å². The van der Waals surface area contributed by atoms with Crippen molar-refractivity contribution in [1.29, 1.82) is 0 Å². The number of rotatable bonds is 4. The second-order valence-corrected chi connectivity index (χ2v) is 5.36. The van der Waals surface area contributed by atoms with E-state index in [1.165, 1.54) is 12.8 Å². The van der Waals surface area contributed by atoms with Gasteiger partial charge in [-0.2, -0.15) is 0 Å². The maximum Gasteiger partial charge on any atom is 0.126 e. The van der Waals surface area contributed by atoms with Gasteiger partial charge in [0.25, 0.3) is 0 Å². The van der Waals surface area contributed by atoms with Crippen molar-refractivity contribution in [2.45, 2.75) is 46.6 Å². The zero-order chi connectivity index (χ0) is 11.3. The fourth-order valence-corrected chi connectivity index (χ4v) is 1.42. The number of pyridine rings is 1. The zero-order valence-electron chi connectivity index (χ0n) is 10.2. The Bertz CT molecular complexity index is 274. The summed E-state index contributed by atoms with van der Waals surface area (Å²) in [6.45, 7) is 9.04. The molecule has 0 aliphatic rings. The summed E-state index contributed by atoms with van der Waals surface area (Å²) in [5.74, 6) is 0.971. The summed E-state index contributed by atoms with van der Waals surface area (Å²) in [7, 11) is 0. The molecule has 2 nitrogen and oxygen atoms in total. The normalized spacial score (nSPS) is 13.6. The molecule has 0 radical (unpaired) electrons. The molecule has 2 heteroatoms. The average molecular weight is 206 g/mol. The summed E-state index contributed by atoms with van der Waals surface area (Å²) in [5.41, 5.74) is 0.417. The van der Waals surface area contributed by atoms with Crippen LogP contribution in [0.15, 0.2) is 24.4 Å². The van der Waals surface area contributed by atoms with Gasteiger partial charge >= 0.3 is 0 Å². The van der Waals surface area contributed by atoms with E-state index < -0.39 is 0 Å². The molecule has 1 aromatic heterocycles. The SMILES string of the molecule is CC(CCC(C)(C)C)Nc1ccccn1. The summed E-state index contributed by atoms with van der Waals surface area (Å²) in [4.78, 5) is 4.25. The van der Waals surface area contributed by atoms with Crippen molar-refractivity contribution in [3.8, 4) is 0 Å². The number of hydrogen-bond donors (Lipinski definition) is 1. The largest absolute Gasteiger partial charge is 0.368 e. The summed E-state index contributed by atoms with van der Waals surface area (Å²) in [6.07, 6.45) is 4.23. The van der Waals surface area contributed by atoms with Crippen molar-refractivity contribution in [3.05, 3.63) is 24.4 Å². The maximum absolute atomic E-state index is 4.25. The molecule has 0 aromatic carbocycles. The lowest BCUT2D eigenvalue weighted by molar-refractivity contribution is 0.356. The molecule has 1 aromatic rings. The monoisotopic (exact) mass is 206 g/mol. The summed E-state index contributed by atoms with van der Waals surface area (Å²) < 4.78 is 0. The number of hydrogen-bond acceptors (Lipinski definition) is 2. The van der Waals surface area contributed by atoms with Crippen LogP contribution in [0.3, 0.4) is 0 Å². The van der Waals surface area contributed by atoms with E-state index in [-0.39, 0.29) is 0 Å². The first-order valence-corrected chi connectivity index (χ1v) is 5.65. The minimum absolute atomic E-state index is 0.417. The molecule has 15 heavy (non-hydrogen) atoms. The van der Waals surface area contributed by atoms with Gasteiger partial charge in [-0.05, 0) is 37.3 Å². The highest BCUT2D eigenvalue weighted by atomic mass is 15.0. The highest BCUT2D eigenvalue weighted by Crippen LogP contribution is 2.22. The van der Waals surface area contributed by atoms with E-state index in [2.05, 4.69) is 38.0 Å². The van der Waals surface area contributed by atoms with Crippen LogP contribution in [0.2, 0.25) is 0 Å². The van der Waals surface area contributed by atoms with Gasteiger partial charge in [-0.15, -0.1) is 0 Å². The van der Waals surface area contributed by atoms with Gasteiger partial charge in [0.05, 0.1) is 0 Å². The van der Waals surface area contributed by atoms with Gasteiger partial charge in [-0.25, -0.2) is 4.98 Å². The fraction of sp³-hybridized carbons (Fsp3) is 0.615. The average Bonchev–Trinajstić information content (AvgIpc) is 2.15. The first-order valence-electron chi connectivity index (χ1n) is 5.65. The van der Waals surface area contributed by atoms with Crippen LogP contribution in [0.25, 0.3) is 0 Å². The zero-order valence-corrected chi connectivity index (χ0v) is 10.2. The van der Waals surface area contributed by atoms with E-state index in [0.717, 1.165) is 5.82 Å². The van der Waals surface area contributed by atoms with Gasteiger partial charge in [0.2, 0.25) is 0 Å². The predicted molar refractivity (Wildman–Crippen MR) is 66.0 cm³/mol. The highest BCUT2D eigenvalue weighted by molar-refractivity contribution is 5.34. The number of nitrogens with zero attached hydrogens (tertiary/aromatic N) is 1. The van der Waals surface area contributed by atoms with Crippen LogP contribution < -0.4 is 5.32 Å². The smallest absolute Gasteiger partial charge is 0.126 e. The lowest BCUT2D eigenvalue weighted by Gasteiger charge is -2.21. The molecule has 0 aliphatic heterocycles. The molecule has 1 atom stereocenters. The summed E-state index contributed by atoms with van der Waals surface area (Å²) in [5, 5.41) is 3.40. The van der Waals surface area contributed by atoms with Gasteiger partial charge in [-0.3, -0.25) is 0 Å². The van der Waals surface area contributed by atoms with Gasteiger partial charge < -0.3 is 5.32 Å². The molecule has 84 valence electrons. The minimum Gasteiger partial charge on any atom is -0.368 e. The predicted octanol–water partition coefficient (Wildman–Crippen LogP) is 3.71. The first kappa shape index (κ1) is 12.0. The third-order valence-corrected chi connectivity index (χ3v) is 2.39. The Labute approximate surface area is 93.1 Å². The Morgan fingerprint density at radius 3 is 2.60 bits per heavy atom. The van der Waals surface area contributed by atoms with E-state index in [0.29, 0.717) is 11.5 Å². The quantitative estimate of drug-likeness (QED) is 0.812.